The summed E-state index contributed by atoms with van der Waals surface area (Å²) >= 11 is 0. The first-order chi connectivity index (χ1) is 10.0. The Hall–Kier alpha value is -1.10. The Bertz CT molecular complexity index is 370. The van der Waals surface area contributed by atoms with Gasteiger partial charge in [-0.3, -0.25) is 14.5 Å². The zero-order valence-corrected chi connectivity index (χ0v) is 13.7. The number of carbonyl (C=O) groups excluding carboxylic acids is 2. The van der Waals surface area contributed by atoms with Gasteiger partial charge in [0.15, 0.2) is 0 Å². The predicted molar refractivity (Wildman–Crippen MR) is 82.9 cm³/mol. The van der Waals surface area contributed by atoms with Crippen LogP contribution in [0.25, 0.3) is 0 Å². The number of carbonyl (C=O) groups is 2. The number of rotatable bonds is 3. The summed E-state index contributed by atoms with van der Waals surface area (Å²) in [6, 6.07) is -0.0777. The molecule has 0 bridgehead atoms. The van der Waals surface area contributed by atoms with E-state index in [0.29, 0.717) is 5.91 Å². The Morgan fingerprint density at radius 2 is 1.57 bits per heavy atom. The van der Waals surface area contributed by atoms with Gasteiger partial charge in [0.1, 0.15) is 0 Å². The standard InChI is InChI=1S/C16H29N3O2/c1-13(15(20)17(2)3)18-11-7-14(8-12-18)16(21)19-9-5-4-6-10-19/h13-14H,4-12H2,1-3H3. The molecule has 0 N–H and O–H groups in total. The molecule has 0 aromatic carbocycles. The lowest BCUT2D eigenvalue weighted by Crippen LogP contribution is -2.50. The number of nitrogens with zero attached hydrogens (tertiary/aromatic N) is 3. The number of hydrogen-bond donors (Lipinski definition) is 0. The average Bonchev–Trinajstić information content (AvgIpc) is 2.53. The van der Waals surface area contributed by atoms with Crippen molar-refractivity contribution < 1.29 is 9.59 Å². The highest BCUT2D eigenvalue weighted by atomic mass is 16.2. The van der Waals surface area contributed by atoms with Gasteiger partial charge in [-0.1, -0.05) is 0 Å². The van der Waals surface area contributed by atoms with E-state index >= 15 is 0 Å². The fourth-order valence-electron chi connectivity index (χ4n) is 3.44. The fourth-order valence-corrected chi connectivity index (χ4v) is 3.44. The maximum absolute atomic E-state index is 12.5. The number of hydrogen-bond acceptors (Lipinski definition) is 3. The van der Waals surface area contributed by atoms with Crippen LogP contribution in [0.5, 0.6) is 0 Å². The van der Waals surface area contributed by atoms with Crippen molar-refractivity contribution in [3.8, 4) is 0 Å². The number of piperidine rings is 2. The van der Waals surface area contributed by atoms with Crippen molar-refractivity contribution in [2.24, 2.45) is 5.92 Å². The molecule has 0 aromatic heterocycles. The Morgan fingerprint density at radius 3 is 2.10 bits per heavy atom. The van der Waals surface area contributed by atoms with Gasteiger partial charge in [-0.05, 0) is 52.1 Å². The van der Waals surface area contributed by atoms with Crippen molar-refractivity contribution in [3.05, 3.63) is 0 Å². The highest BCUT2D eigenvalue weighted by Crippen LogP contribution is 2.23. The third-order valence-electron chi connectivity index (χ3n) is 4.89. The lowest BCUT2D eigenvalue weighted by atomic mass is 9.93. The third kappa shape index (κ3) is 3.96. The maximum Gasteiger partial charge on any atom is 0.239 e. The quantitative estimate of drug-likeness (QED) is 0.785. The van der Waals surface area contributed by atoms with E-state index in [2.05, 4.69) is 9.80 Å². The predicted octanol–water partition coefficient (Wildman–Crippen LogP) is 1.19. The van der Waals surface area contributed by atoms with Crippen LogP contribution in [0.1, 0.15) is 39.0 Å². The van der Waals surface area contributed by atoms with Crippen LogP contribution in [0.4, 0.5) is 0 Å². The molecule has 0 spiro atoms. The van der Waals surface area contributed by atoms with E-state index in [9.17, 15) is 9.59 Å². The number of likely N-dealkylation sites (tertiary alicyclic amines) is 2. The summed E-state index contributed by atoms with van der Waals surface area (Å²) < 4.78 is 0. The lowest BCUT2D eigenvalue weighted by Gasteiger charge is -2.38. The van der Waals surface area contributed by atoms with Crippen LogP contribution >= 0.6 is 0 Å². The van der Waals surface area contributed by atoms with Gasteiger partial charge in [-0.2, -0.15) is 0 Å². The summed E-state index contributed by atoms with van der Waals surface area (Å²) in [6.45, 7) is 5.55. The molecule has 21 heavy (non-hydrogen) atoms. The molecular weight excluding hydrogens is 266 g/mol. The first-order valence-electron chi connectivity index (χ1n) is 8.24. The van der Waals surface area contributed by atoms with Crippen molar-refractivity contribution in [3.63, 3.8) is 0 Å². The number of amides is 2. The van der Waals surface area contributed by atoms with Crippen LogP contribution in [0, 0.1) is 5.92 Å². The Morgan fingerprint density at radius 1 is 1.00 bits per heavy atom. The van der Waals surface area contributed by atoms with Crippen LogP contribution in [0.3, 0.4) is 0 Å². The number of likely N-dealkylation sites (N-methyl/N-ethyl adjacent to an activating group) is 1. The van der Waals surface area contributed by atoms with Crippen molar-refractivity contribution >= 4 is 11.8 Å². The van der Waals surface area contributed by atoms with E-state index in [1.807, 2.05) is 6.92 Å². The summed E-state index contributed by atoms with van der Waals surface area (Å²) in [7, 11) is 3.59. The van der Waals surface area contributed by atoms with E-state index in [1.165, 1.54) is 6.42 Å². The van der Waals surface area contributed by atoms with E-state index in [0.717, 1.165) is 51.9 Å². The van der Waals surface area contributed by atoms with Crippen molar-refractivity contribution in [1.29, 1.82) is 0 Å². The summed E-state index contributed by atoms with van der Waals surface area (Å²) in [5, 5.41) is 0. The highest BCUT2D eigenvalue weighted by molar-refractivity contribution is 5.81. The van der Waals surface area contributed by atoms with Gasteiger partial charge in [0, 0.05) is 33.1 Å². The van der Waals surface area contributed by atoms with Crippen LogP contribution in [-0.2, 0) is 9.59 Å². The molecule has 2 aliphatic rings. The van der Waals surface area contributed by atoms with Crippen LogP contribution < -0.4 is 0 Å². The van der Waals surface area contributed by atoms with Crippen LogP contribution in [-0.4, -0.2) is 72.8 Å². The van der Waals surface area contributed by atoms with Gasteiger partial charge in [0.05, 0.1) is 6.04 Å². The van der Waals surface area contributed by atoms with Gasteiger partial charge >= 0.3 is 0 Å². The molecule has 2 saturated heterocycles. The Balaban J connectivity index is 1.82. The molecule has 5 nitrogen and oxygen atoms in total. The smallest absolute Gasteiger partial charge is 0.239 e. The largest absolute Gasteiger partial charge is 0.347 e. The monoisotopic (exact) mass is 295 g/mol. The third-order valence-corrected chi connectivity index (χ3v) is 4.89. The minimum atomic E-state index is -0.0777. The van der Waals surface area contributed by atoms with Gasteiger partial charge in [-0.25, -0.2) is 0 Å². The highest BCUT2D eigenvalue weighted by Gasteiger charge is 2.32. The summed E-state index contributed by atoms with van der Waals surface area (Å²) in [5.41, 5.74) is 0. The molecular formula is C16H29N3O2. The van der Waals surface area contributed by atoms with Gasteiger partial charge in [-0.15, -0.1) is 0 Å². The van der Waals surface area contributed by atoms with Crippen molar-refractivity contribution in [2.45, 2.75) is 45.1 Å². The molecule has 0 aromatic rings. The normalized spacial score (nSPS) is 22.9. The SMILES string of the molecule is CC(C(=O)N(C)C)N1CCC(C(=O)N2CCCCC2)CC1. The molecule has 2 rings (SSSR count). The maximum atomic E-state index is 12.5. The molecule has 120 valence electrons. The zero-order chi connectivity index (χ0) is 15.4. The topological polar surface area (TPSA) is 43.9 Å². The van der Waals surface area contributed by atoms with E-state index in [-0.39, 0.29) is 17.9 Å². The molecule has 2 heterocycles. The molecule has 2 amide bonds. The first kappa shape index (κ1) is 16.3. The first-order valence-corrected chi connectivity index (χ1v) is 8.24. The minimum Gasteiger partial charge on any atom is -0.347 e. The molecule has 5 heteroatoms. The second-order valence-corrected chi connectivity index (χ2v) is 6.60. The summed E-state index contributed by atoms with van der Waals surface area (Å²) in [5.74, 6) is 0.665. The van der Waals surface area contributed by atoms with E-state index in [1.54, 1.807) is 19.0 Å². The van der Waals surface area contributed by atoms with Crippen molar-refractivity contribution in [1.82, 2.24) is 14.7 Å². The van der Waals surface area contributed by atoms with Gasteiger partial charge in [0.25, 0.3) is 0 Å². The van der Waals surface area contributed by atoms with Gasteiger partial charge < -0.3 is 9.80 Å². The van der Waals surface area contributed by atoms with Gasteiger partial charge in [0.2, 0.25) is 11.8 Å². The molecule has 0 radical (unpaired) electrons. The molecule has 2 fully saturated rings. The van der Waals surface area contributed by atoms with Crippen molar-refractivity contribution in [2.75, 3.05) is 40.3 Å². The van der Waals surface area contributed by atoms with E-state index < -0.39 is 0 Å². The Labute approximate surface area is 128 Å². The van der Waals surface area contributed by atoms with Crippen LogP contribution in [0.15, 0.2) is 0 Å². The summed E-state index contributed by atoms with van der Waals surface area (Å²) in [6.07, 6.45) is 5.34. The van der Waals surface area contributed by atoms with Crippen LogP contribution in [0.2, 0.25) is 0 Å². The second kappa shape index (κ2) is 7.25. The summed E-state index contributed by atoms with van der Waals surface area (Å²) in [4.78, 5) is 30.4. The second-order valence-electron chi connectivity index (χ2n) is 6.60. The molecule has 1 atom stereocenters. The molecule has 0 aliphatic carbocycles. The lowest BCUT2D eigenvalue weighted by molar-refractivity contribution is -0.139. The average molecular weight is 295 g/mol. The minimum absolute atomic E-state index is 0.0777. The zero-order valence-electron chi connectivity index (χ0n) is 13.7. The van der Waals surface area contributed by atoms with E-state index in [4.69, 9.17) is 0 Å². The molecule has 2 aliphatic heterocycles. The molecule has 0 saturated carbocycles. The Kier molecular flexibility index (Phi) is 5.62. The fraction of sp³-hybridized carbons (Fsp3) is 0.875. The molecule has 1 unspecified atom stereocenters.